The van der Waals surface area contributed by atoms with Crippen LogP contribution < -0.4 is 4.74 Å². The minimum atomic E-state index is -4.94. The third-order valence-corrected chi connectivity index (χ3v) is 2.24. The molecule has 0 bridgehead atoms. The zero-order valence-corrected chi connectivity index (χ0v) is 9.36. The van der Waals surface area contributed by atoms with Crippen molar-refractivity contribution in [1.29, 1.82) is 0 Å². The van der Waals surface area contributed by atoms with Gasteiger partial charge in [0.15, 0.2) is 6.10 Å². The first-order valence-electron chi connectivity index (χ1n) is 5.04. The molecule has 0 fully saturated rings. The third kappa shape index (κ3) is 3.63. The Labute approximate surface area is 101 Å². The highest BCUT2D eigenvalue weighted by Gasteiger charge is 2.33. The van der Waals surface area contributed by atoms with Gasteiger partial charge in [0.1, 0.15) is 5.75 Å². The van der Waals surface area contributed by atoms with Gasteiger partial charge in [0, 0.05) is 5.56 Å². The number of benzene rings is 1. The maximum Gasteiger partial charge on any atom is 0.573 e. The molecule has 0 heterocycles. The van der Waals surface area contributed by atoms with E-state index in [0.29, 0.717) is 12.0 Å². The minimum Gasteiger partial charge on any atom is -0.479 e. The first kappa shape index (κ1) is 14.3. The molecule has 2 N–H and O–H groups in total. The van der Waals surface area contributed by atoms with E-state index in [0.717, 1.165) is 6.07 Å². The second kappa shape index (κ2) is 5.26. The van der Waals surface area contributed by atoms with Crippen molar-refractivity contribution in [3.05, 3.63) is 29.3 Å². The predicted octanol–water partition coefficient (Wildman–Crippen LogP) is 2.27. The summed E-state index contributed by atoms with van der Waals surface area (Å²) in [6.45, 7) is 1.75. The van der Waals surface area contributed by atoms with Crippen molar-refractivity contribution in [2.45, 2.75) is 25.8 Å². The minimum absolute atomic E-state index is 0.417. The number of carboxylic acids is 1. The van der Waals surface area contributed by atoms with Crippen molar-refractivity contribution in [3.63, 3.8) is 0 Å². The maximum absolute atomic E-state index is 12.1. The second-order valence-corrected chi connectivity index (χ2v) is 3.51. The van der Waals surface area contributed by atoms with Crippen molar-refractivity contribution in [2.24, 2.45) is 0 Å². The van der Waals surface area contributed by atoms with Crippen LogP contribution in [0.15, 0.2) is 18.2 Å². The number of aliphatic hydroxyl groups is 1. The van der Waals surface area contributed by atoms with Gasteiger partial charge in [-0.05, 0) is 24.1 Å². The number of hydrogen-bond acceptors (Lipinski definition) is 3. The number of ether oxygens (including phenoxy) is 1. The number of carboxylic acid groups (broad SMARTS) is 1. The lowest BCUT2D eigenvalue weighted by atomic mass is 10.0. The molecule has 100 valence electrons. The summed E-state index contributed by atoms with van der Waals surface area (Å²) >= 11 is 0. The molecule has 0 saturated carbocycles. The number of carbonyl (C=O) groups is 1. The van der Waals surface area contributed by atoms with Crippen molar-refractivity contribution < 1.29 is 32.9 Å². The van der Waals surface area contributed by atoms with Gasteiger partial charge < -0.3 is 14.9 Å². The Kier molecular flexibility index (Phi) is 4.18. The summed E-state index contributed by atoms with van der Waals surface area (Å²) in [6.07, 6.45) is -6.51. The van der Waals surface area contributed by atoms with E-state index in [4.69, 9.17) is 5.11 Å². The van der Waals surface area contributed by atoms with E-state index in [9.17, 15) is 23.1 Å². The average Bonchev–Trinajstić information content (AvgIpc) is 2.26. The Bertz CT molecular complexity index is 442. The largest absolute Gasteiger partial charge is 0.573 e. The number of halogens is 3. The predicted molar refractivity (Wildman–Crippen MR) is 55.1 cm³/mol. The highest BCUT2D eigenvalue weighted by atomic mass is 19.4. The van der Waals surface area contributed by atoms with Crippen molar-refractivity contribution in [3.8, 4) is 5.75 Å². The molecule has 1 atom stereocenters. The number of aryl methyl sites for hydroxylation is 1. The fourth-order valence-corrected chi connectivity index (χ4v) is 1.38. The van der Waals surface area contributed by atoms with E-state index in [1.54, 1.807) is 6.92 Å². The van der Waals surface area contributed by atoms with Crippen LogP contribution in [0.3, 0.4) is 0 Å². The van der Waals surface area contributed by atoms with Crippen LogP contribution >= 0.6 is 0 Å². The quantitative estimate of drug-likeness (QED) is 0.875. The second-order valence-electron chi connectivity index (χ2n) is 3.51. The molecule has 0 amide bonds. The van der Waals surface area contributed by atoms with Gasteiger partial charge in [0.2, 0.25) is 0 Å². The van der Waals surface area contributed by atoms with E-state index in [2.05, 4.69) is 4.74 Å². The molecule has 0 aliphatic heterocycles. The molecule has 0 aromatic heterocycles. The Hall–Kier alpha value is -1.76. The fourth-order valence-electron chi connectivity index (χ4n) is 1.38. The first-order chi connectivity index (χ1) is 8.24. The Morgan fingerprint density at radius 2 is 2.06 bits per heavy atom. The number of alkyl halides is 3. The van der Waals surface area contributed by atoms with Crippen LogP contribution in [0.1, 0.15) is 24.2 Å². The standard InChI is InChI=1S/C11H11F3O4/c1-2-6-3-4-8(18-11(12,13)14)7(5-6)9(15)10(16)17/h3-5,9,15H,2H2,1H3,(H,16,17). The molecule has 0 aliphatic carbocycles. The molecule has 4 nitrogen and oxygen atoms in total. The van der Waals surface area contributed by atoms with E-state index >= 15 is 0 Å². The Balaban J connectivity index is 3.20. The average molecular weight is 264 g/mol. The molecule has 0 saturated heterocycles. The molecular weight excluding hydrogens is 253 g/mol. The molecule has 0 radical (unpaired) electrons. The van der Waals surface area contributed by atoms with Crippen LogP contribution in [-0.2, 0) is 11.2 Å². The maximum atomic E-state index is 12.1. The summed E-state index contributed by atoms with van der Waals surface area (Å²) < 4.78 is 40.0. The zero-order valence-electron chi connectivity index (χ0n) is 9.36. The summed E-state index contributed by atoms with van der Waals surface area (Å²) in [5, 5.41) is 18.0. The number of aliphatic hydroxyl groups excluding tert-OH is 1. The van der Waals surface area contributed by atoms with Crippen LogP contribution in [0, 0.1) is 0 Å². The van der Waals surface area contributed by atoms with Crippen LogP contribution in [0.5, 0.6) is 5.75 Å². The SMILES string of the molecule is CCc1ccc(OC(F)(F)F)c(C(O)C(=O)O)c1. The normalized spacial score (nSPS) is 13.2. The highest BCUT2D eigenvalue weighted by molar-refractivity contribution is 5.75. The van der Waals surface area contributed by atoms with Crippen LogP contribution in [0.25, 0.3) is 0 Å². The van der Waals surface area contributed by atoms with E-state index in [1.807, 2.05) is 0 Å². The van der Waals surface area contributed by atoms with Gasteiger partial charge in [-0.1, -0.05) is 13.0 Å². The van der Waals surface area contributed by atoms with Crippen molar-refractivity contribution >= 4 is 5.97 Å². The van der Waals surface area contributed by atoms with Gasteiger partial charge in [0.05, 0.1) is 0 Å². The van der Waals surface area contributed by atoms with Crippen LogP contribution in [-0.4, -0.2) is 22.5 Å². The Morgan fingerprint density at radius 1 is 1.44 bits per heavy atom. The zero-order chi connectivity index (χ0) is 13.9. The monoisotopic (exact) mass is 264 g/mol. The van der Waals surface area contributed by atoms with E-state index in [-0.39, 0.29) is 0 Å². The summed E-state index contributed by atoms with van der Waals surface area (Å²) in [6, 6.07) is 3.55. The molecule has 1 aromatic rings. The molecule has 0 aliphatic rings. The number of rotatable bonds is 4. The van der Waals surface area contributed by atoms with Crippen LogP contribution in [0.2, 0.25) is 0 Å². The van der Waals surface area contributed by atoms with Gasteiger partial charge in [-0.15, -0.1) is 13.2 Å². The summed E-state index contributed by atoms with van der Waals surface area (Å²) in [4.78, 5) is 10.6. The fraction of sp³-hybridized carbons (Fsp3) is 0.364. The molecular formula is C11H11F3O4. The summed E-state index contributed by atoms with van der Waals surface area (Å²) in [7, 11) is 0. The third-order valence-electron chi connectivity index (χ3n) is 2.24. The molecule has 0 spiro atoms. The van der Waals surface area contributed by atoms with E-state index in [1.165, 1.54) is 12.1 Å². The molecule has 1 unspecified atom stereocenters. The molecule has 1 aromatic carbocycles. The first-order valence-corrected chi connectivity index (χ1v) is 5.04. The lowest BCUT2D eigenvalue weighted by Gasteiger charge is -2.16. The highest BCUT2D eigenvalue weighted by Crippen LogP contribution is 2.31. The lowest BCUT2D eigenvalue weighted by molar-refractivity contribution is -0.275. The van der Waals surface area contributed by atoms with Crippen molar-refractivity contribution in [1.82, 2.24) is 0 Å². The van der Waals surface area contributed by atoms with Gasteiger partial charge in [-0.2, -0.15) is 0 Å². The van der Waals surface area contributed by atoms with Crippen molar-refractivity contribution in [2.75, 3.05) is 0 Å². The summed E-state index contributed by atoms with van der Waals surface area (Å²) in [5.74, 6) is -2.36. The molecule has 18 heavy (non-hydrogen) atoms. The van der Waals surface area contributed by atoms with Crippen LogP contribution in [0.4, 0.5) is 13.2 Å². The molecule has 7 heteroatoms. The lowest BCUT2D eigenvalue weighted by Crippen LogP contribution is -2.20. The number of aliphatic carboxylic acids is 1. The van der Waals surface area contributed by atoms with Gasteiger partial charge >= 0.3 is 12.3 Å². The Morgan fingerprint density at radius 3 is 2.50 bits per heavy atom. The van der Waals surface area contributed by atoms with Gasteiger partial charge in [-0.25, -0.2) is 4.79 Å². The summed E-state index contributed by atoms with van der Waals surface area (Å²) in [5.41, 5.74) is 0.180. The topological polar surface area (TPSA) is 66.8 Å². The smallest absolute Gasteiger partial charge is 0.479 e. The van der Waals surface area contributed by atoms with E-state index < -0.39 is 29.7 Å². The molecule has 1 rings (SSSR count). The number of hydrogen-bond donors (Lipinski definition) is 2. The van der Waals surface area contributed by atoms with Gasteiger partial charge in [0.25, 0.3) is 0 Å². The van der Waals surface area contributed by atoms with Gasteiger partial charge in [-0.3, -0.25) is 0 Å².